The average molecular weight is 1250 g/mol. The van der Waals surface area contributed by atoms with Gasteiger partial charge in [-0.1, -0.05) is 244 Å². The Kier molecular flexibility index (Phi) is 21.3. The molecule has 0 heterocycles. The van der Waals surface area contributed by atoms with E-state index in [1.165, 1.54) is 67.1 Å². The van der Waals surface area contributed by atoms with Crippen LogP contribution in [0.3, 0.4) is 0 Å². The van der Waals surface area contributed by atoms with Gasteiger partial charge in [0.25, 0.3) is 0 Å². The summed E-state index contributed by atoms with van der Waals surface area (Å²) in [7, 11) is 0. The number of allylic oxidation sites excluding steroid dienone is 6. The van der Waals surface area contributed by atoms with Gasteiger partial charge in [-0.25, -0.2) is 0 Å². The van der Waals surface area contributed by atoms with Crippen LogP contribution in [0.1, 0.15) is 61.2 Å². The highest BCUT2D eigenvalue weighted by Crippen LogP contribution is 2.37. The quantitative estimate of drug-likeness (QED) is 0.0306. The number of aryl methyl sites for hydroxylation is 4. The summed E-state index contributed by atoms with van der Waals surface area (Å²) in [4.78, 5) is 9.90. The van der Waals surface area contributed by atoms with Gasteiger partial charge in [0.2, 0.25) is 34.2 Å². The smallest absolute Gasteiger partial charge is 0.214 e. The third-order valence-electron chi connectivity index (χ3n) is 17.9. The number of benzene rings is 11. The highest BCUT2D eigenvalue weighted by atomic mass is 15.2. The fourth-order valence-electron chi connectivity index (χ4n) is 13.0. The van der Waals surface area contributed by atoms with Crippen LogP contribution in [-0.2, 0) is 45.8 Å². The van der Waals surface area contributed by atoms with E-state index in [9.17, 15) is 0 Å². The molecule has 6 nitrogen and oxygen atoms in total. The molecule has 0 unspecified atom stereocenters. The molecule has 6 heteroatoms. The van der Waals surface area contributed by atoms with Crippen LogP contribution in [0.5, 0.6) is 0 Å². The number of nitrogens with zero attached hydrogens (tertiary/aromatic N) is 6. The van der Waals surface area contributed by atoms with E-state index in [-0.39, 0.29) is 0 Å². The molecule has 0 bridgehead atoms. The molecule has 11 aromatic rings. The second-order valence-corrected chi connectivity index (χ2v) is 25.1. The normalized spacial score (nSPS) is 11.8. The second kappa shape index (κ2) is 31.5. The van der Waals surface area contributed by atoms with E-state index in [0.717, 1.165) is 102 Å². The standard InChI is InChI=1S/C90H86N6/c1-7-8-30-69(2)61-91(62-74-31-16-9-17-32-74)83-49-53-87(70(3)57-83)95(88-54-50-84(58-71(88)4)92(63-75-33-18-10-19-34-75)64-76-35-20-11-21-36-76)81-45-47-82(48-46-81)96(89-55-51-85(59-72(89)5)93(65-77-37-22-12-23-38-77)66-78-39-24-13-25-40-78)90-56-52-86(60-73(90)6)94(67-79-41-26-14-27-42-79)68-80-43-28-15-29-44-80/h7-60H,1-2,61-68H2,3-6H3/q+2/b30-8-. The van der Waals surface area contributed by atoms with E-state index in [1.54, 1.807) is 0 Å². The molecule has 11 aromatic carbocycles. The average Bonchev–Trinajstić information content (AvgIpc) is 0.779. The number of hydrogen-bond donors (Lipinski definition) is 0. The molecule has 12 rings (SSSR count). The van der Waals surface area contributed by atoms with E-state index >= 15 is 0 Å². The van der Waals surface area contributed by atoms with Crippen molar-refractivity contribution in [2.75, 3.05) is 26.1 Å². The topological polar surface area (TPSA) is 19.0 Å². The molecule has 1 aliphatic rings. The largest absolute Gasteiger partial charge is 0.363 e. The summed E-state index contributed by atoms with van der Waals surface area (Å²) in [6, 6.07) is 104. The Morgan fingerprint density at radius 1 is 0.302 bits per heavy atom. The zero-order valence-electron chi connectivity index (χ0n) is 55.9. The molecular weight excluding hydrogens is 1170 g/mol. The molecule has 1 aliphatic carbocycles. The first-order valence-electron chi connectivity index (χ1n) is 33.5. The molecule has 96 heavy (non-hydrogen) atoms. The van der Waals surface area contributed by atoms with Crippen LogP contribution in [0.4, 0.5) is 45.5 Å². The Hall–Kier alpha value is -11.3. The summed E-state index contributed by atoms with van der Waals surface area (Å²) in [6.07, 6.45) is 15.1. The van der Waals surface area contributed by atoms with Crippen LogP contribution in [-0.4, -0.2) is 18.0 Å². The monoisotopic (exact) mass is 1250 g/mol. The minimum atomic E-state index is 0.659. The van der Waals surface area contributed by atoms with Crippen molar-refractivity contribution in [3.63, 3.8) is 0 Å². The molecular formula is C90H86N6+2. The SMILES string of the molecule is C=C/C=C\C(=C)CN(Cc1ccccc1)c1ccc([N+](=C2C=CC(=[N+](c3ccc(N(Cc4ccccc4)Cc4ccccc4)cc3C)c3ccc(N(Cc4ccccc4)Cc4ccccc4)cc3C)C=C2)c2ccc(N(Cc3ccccc3)Cc3ccccc3)cc2C)c(C)c1. The summed E-state index contributed by atoms with van der Waals surface area (Å²) in [6.45, 7) is 23.5. The van der Waals surface area contributed by atoms with Crippen molar-refractivity contribution in [1.82, 2.24) is 9.15 Å². The van der Waals surface area contributed by atoms with Crippen LogP contribution in [0.25, 0.3) is 0 Å². The van der Waals surface area contributed by atoms with Gasteiger partial charge in [-0.05, 0) is 121 Å². The van der Waals surface area contributed by atoms with Gasteiger partial charge in [-0.3, -0.25) is 0 Å². The van der Waals surface area contributed by atoms with Gasteiger partial charge < -0.3 is 19.6 Å². The van der Waals surface area contributed by atoms with Gasteiger partial charge in [0.1, 0.15) is 0 Å². The van der Waals surface area contributed by atoms with E-state index in [2.05, 4.69) is 385 Å². The van der Waals surface area contributed by atoms with Crippen molar-refractivity contribution < 1.29 is 0 Å². The molecule has 0 radical (unpaired) electrons. The predicted molar refractivity (Wildman–Crippen MR) is 410 cm³/mol. The number of hydrogen-bond acceptors (Lipinski definition) is 4. The lowest BCUT2D eigenvalue weighted by Crippen LogP contribution is -2.25. The second-order valence-electron chi connectivity index (χ2n) is 25.1. The third kappa shape index (κ3) is 16.5. The molecule has 0 atom stereocenters. The van der Waals surface area contributed by atoms with E-state index in [0.29, 0.717) is 6.54 Å². The van der Waals surface area contributed by atoms with Crippen LogP contribution in [0.15, 0.2) is 346 Å². The molecule has 0 fully saturated rings. The predicted octanol–water partition coefficient (Wildman–Crippen LogP) is 21.2. The first-order chi connectivity index (χ1) is 47.1. The fourth-order valence-corrected chi connectivity index (χ4v) is 13.0. The lowest BCUT2D eigenvalue weighted by atomic mass is 10.0. The summed E-state index contributed by atoms with van der Waals surface area (Å²) in [5, 5.41) is 0. The summed E-state index contributed by atoms with van der Waals surface area (Å²) >= 11 is 0. The van der Waals surface area contributed by atoms with E-state index in [1.807, 2.05) is 12.2 Å². The maximum absolute atomic E-state index is 4.47. The van der Waals surface area contributed by atoms with E-state index in [4.69, 9.17) is 0 Å². The van der Waals surface area contributed by atoms with Crippen molar-refractivity contribution in [2.24, 2.45) is 0 Å². The maximum Gasteiger partial charge on any atom is 0.214 e. The maximum atomic E-state index is 4.47. The molecule has 0 N–H and O–H groups in total. The third-order valence-corrected chi connectivity index (χ3v) is 17.9. The van der Waals surface area contributed by atoms with Crippen molar-refractivity contribution >= 4 is 56.9 Å². The van der Waals surface area contributed by atoms with Crippen molar-refractivity contribution in [1.29, 1.82) is 0 Å². The Balaban J connectivity index is 0.999. The van der Waals surface area contributed by atoms with Gasteiger partial charge in [-0.2, -0.15) is 9.15 Å². The van der Waals surface area contributed by atoms with Gasteiger partial charge in [0, 0.05) is 146 Å². The Morgan fingerprint density at radius 3 is 0.740 bits per heavy atom. The van der Waals surface area contributed by atoms with Gasteiger partial charge in [-0.15, -0.1) is 0 Å². The molecule has 0 aromatic heterocycles. The lowest BCUT2D eigenvalue weighted by molar-refractivity contribution is 0.798. The summed E-state index contributed by atoms with van der Waals surface area (Å²) < 4.78 is 4.93. The number of anilines is 4. The van der Waals surface area contributed by atoms with Crippen LogP contribution >= 0.6 is 0 Å². The minimum Gasteiger partial charge on any atom is -0.363 e. The lowest BCUT2D eigenvalue weighted by Gasteiger charge is -2.27. The van der Waals surface area contributed by atoms with Crippen molar-refractivity contribution in [3.8, 4) is 0 Å². The summed E-state index contributed by atoms with van der Waals surface area (Å²) in [5.41, 5.74) is 25.7. The molecule has 0 saturated carbocycles. The Labute approximate surface area is 570 Å². The highest BCUT2D eigenvalue weighted by molar-refractivity contribution is 6.21. The highest BCUT2D eigenvalue weighted by Gasteiger charge is 2.30. The molecule has 0 aliphatic heterocycles. The van der Waals surface area contributed by atoms with Gasteiger partial charge >= 0.3 is 0 Å². The number of rotatable bonds is 26. The summed E-state index contributed by atoms with van der Waals surface area (Å²) in [5.74, 6) is 0. The molecule has 0 spiro atoms. The fraction of sp³-hybridized carbons (Fsp3) is 0.133. The van der Waals surface area contributed by atoms with Crippen LogP contribution < -0.4 is 28.8 Å². The van der Waals surface area contributed by atoms with Crippen molar-refractivity contribution in [3.05, 3.63) is 408 Å². The minimum absolute atomic E-state index is 0.659. The van der Waals surface area contributed by atoms with Crippen molar-refractivity contribution in [2.45, 2.75) is 73.5 Å². The zero-order valence-corrected chi connectivity index (χ0v) is 55.9. The molecule has 0 saturated heterocycles. The zero-order chi connectivity index (χ0) is 66.0. The molecule has 474 valence electrons. The Bertz CT molecular complexity index is 4310. The van der Waals surface area contributed by atoms with Crippen LogP contribution in [0, 0.1) is 27.7 Å². The van der Waals surface area contributed by atoms with Gasteiger partial charge in [0.15, 0.2) is 0 Å². The first-order valence-corrected chi connectivity index (χ1v) is 33.5. The van der Waals surface area contributed by atoms with Crippen LogP contribution in [0.2, 0.25) is 0 Å². The Morgan fingerprint density at radius 2 is 0.521 bits per heavy atom. The molecule has 0 amide bonds. The van der Waals surface area contributed by atoms with Gasteiger partial charge in [0.05, 0.1) is 0 Å². The first kappa shape index (κ1) is 64.8. The van der Waals surface area contributed by atoms with E-state index < -0.39 is 0 Å².